The number of benzene rings is 2. The van der Waals surface area contributed by atoms with Crippen LogP contribution in [0.3, 0.4) is 0 Å². The van der Waals surface area contributed by atoms with E-state index in [0.29, 0.717) is 16.2 Å². The fourth-order valence-electron chi connectivity index (χ4n) is 2.78. The summed E-state index contributed by atoms with van der Waals surface area (Å²) in [5.41, 5.74) is 1.89. The van der Waals surface area contributed by atoms with Crippen LogP contribution in [0.5, 0.6) is 0 Å². The lowest BCUT2D eigenvalue weighted by Crippen LogP contribution is -2.29. The van der Waals surface area contributed by atoms with Crippen LogP contribution in [-0.2, 0) is 11.8 Å². The molecule has 4 rings (SSSR count). The fourth-order valence-corrected chi connectivity index (χ4v) is 3.92. The molecule has 138 valence electrons. The first-order valence-electron chi connectivity index (χ1n) is 8.79. The van der Waals surface area contributed by atoms with Crippen LogP contribution in [0.2, 0.25) is 5.02 Å². The molecule has 1 N–H and O–H groups in total. The molecule has 1 amide bonds. The molecule has 1 atom stereocenters. The Labute approximate surface area is 167 Å². The van der Waals surface area contributed by atoms with Gasteiger partial charge in [0.05, 0.1) is 0 Å². The minimum Gasteiger partial charge on any atom is -0.352 e. The van der Waals surface area contributed by atoms with Gasteiger partial charge in [-0.1, -0.05) is 53.7 Å². The summed E-state index contributed by atoms with van der Waals surface area (Å²) in [6, 6.07) is 17.6. The maximum absolute atomic E-state index is 12.8. The quantitative estimate of drug-likeness (QED) is 0.630. The first-order chi connectivity index (χ1) is 13.1. The Morgan fingerprint density at radius 3 is 2.52 bits per heavy atom. The smallest absolute Gasteiger partial charge is 0.238 e. The highest BCUT2D eigenvalue weighted by Crippen LogP contribution is 2.36. The van der Waals surface area contributed by atoms with Crippen molar-refractivity contribution in [2.75, 3.05) is 0 Å². The Balaban J connectivity index is 1.61. The van der Waals surface area contributed by atoms with Crippen LogP contribution in [0.25, 0.3) is 11.4 Å². The van der Waals surface area contributed by atoms with Gasteiger partial charge in [-0.3, -0.25) is 4.79 Å². The highest BCUT2D eigenvalue weighted by atomic mass is 35.5. The van der Waals surface area contributed by atoms with Gasteiger partial charge in [0.2, 0.25) is 5.91 Å². The average molecular weight is 399 g/mol. The number of amides is 1. The van der Waals surface area contributed by atoms with Crippen molar-refractivity contribution in [1.82, 2.24) is 20.1 Å². The Morgan fingerprint density at radius 2 is 1.85 bits per heavy atom. The molecule has 5 nitrogen and oxygen atoms in total. The molecule has 0 aliphatic heterocycles. The van der Waals surface area contributed by atoms with Crippen molar-refractivity contribution in [1.29, 1.82) is 0 Å². The van der Waals surface area contributed by atoms with Gasteiger partial charge in [0, 0.05) is 23.7 Å². The number of nitrogens with one attached hydrogen (secondary N) is 1. The first-order valence-corrected chi connectivity index (χ1v) is 10.0. The molecule has 1 saturated carbocycles. The van der Waals surface area contributed by atoms with Crippen molar-refractivity contribution in [3.05, 3.63) is 65.2 Å². The zero-order chi connectivity index (χ0) is 18.8. The van der Waals surface area contributed by atoms with Crippen molar-refractivity contribution in [2.45, 2.75) is 29.3 Å². The molecule has 1 aliphatic carbocycles. The zero-order valence-electron chi connectivity index (χ0n) is 14.8. The number of hydrogen-bond acceptors (Lipinski definition) is 4. The molecule has 0 bridgehead atoms. The van der Waals surface area contributed by atoms with Gasteiger partial charge < -0.3 is 9.88 Å². The standard InChI is InChI=1S/C20H19ClN4OS/c1-25-18(14-7-9-15(21)10-8-14)23-24-20(25)27-17(13-5-3-2-4-6-13)19(26)22-16-11-12-16/h2-10,16-17H,11-12H2,1H3,(H,22,26). The van der Waals surface area contributed by atoms with E-state index >= 15 is 0 Å². The summed E-state index contributed by atoms with van der Waals surface area (Å²) in [5, 5.41) is 12.7. The Hall–Kier alpha value is -2.31. The van der Waals surface area contributed by atoms with E-state index in [1.54, 1.807) is 0 Å². The second-order valence-corrected chi connectivity index (χ2v) is 8.07. The molecule has 27 heavy (non-hydrogen) atoms. The fraction of sp³-hybridized carbons (Fsp3) is 0.250. The number of carbonyl (C=O) groups is 1. The predicted octanol–water partition coefficient (Wildman–Crippen LogP) is 4.25. The third kappa shape index (κ3) is 4.17. The molecule has 1 aliphatic rings. The monoisotopic (exact) mass is 398 g/mol. The van der Waals surface area contributed by atoms with Crippen LogP contribution in [0, 0.1) is 0 Å². The summed E-state index contributed by atoms with van der Waals surface area (Å²) >= 11 is 7.39. The summed E-state index contributed by atoms with van der Waals surface area (Å²) in [6.07, 6.45) is 2.12. The number of aromatic nitrogens is 3. The van der Waals surface area contributed by atoms with Crippen LogP contribution in [0.4, 0.5) is 0 Å². The maximum atomic E-state index is 12.8. The van der Waals surface area contributed by atoms with Crippen LogP contribution in [-0.4, -0.2) is 26.7 Å². The minimum atomic E-state index is -0.368. The highest BCUT2D eigenvalue weighted by Gasteiger charge is 2.30. The summed E-state index contributed by atoms with van der Waals surface area (Å²) in [5.74, 6) is 0.758. The van der Waals surface area contributed by atoms with Crippen molar-refractivity contribution in [3.63, 3.8) is 0 Å². The van der Waals surface area contributed by atoms with Crippen molar-refractivity contribution >= 4 is 29.3 Å². The molecule has 1 aromatic heterocycles. The van der Waals surface area contributed by atoms with E-state index in [9.17, 15) is 4.79 Å². The predicted molar refractivity (Wildman–Crippen MR) is 108 cm³/mol. The van der Waals surface area contributed by atoms with E-state index in [-0.39, 0.29) is 11.2 Å². The summed E-state index contributed by atoms with van der Waals surface area (Å²) in [7, 11) is 1.91. The molecular formula is C20H19ClN4OS. The van der Waals surface area contributed by atoms with Crippen molar-refractivity contribution in [3.8, 4) is 11.4 Å². The van der Waals surface area contributed by atoms with E-state index in [0.717, 1.165) is 29.8 Å². The van der Waals surface area contributed by atoms with E-state index in [1.165, 1.54) is 11.8 Å². The van der Waals surface area contributed by atoms with E-state index < -0.39 is 0 Å². The lowest BCUT2D eigenvalue weighted by atomic mass is 10.1. The minimum absolute atomic E-state index is 0.0183. The number of carbonyl (C=O) groups excluding carboxylic acids is 1. The first kappa shape index (κ1) is 18.1. The summed E-state index contributed by atoms with van der Waals surface area (Å²) in [4.78, 5) is 12.8. The Bertz CT molecular complexity index is 938. The molecule has 0 radical (unpaired) electrons. The largest absolute Gasteiger partial charge is 0.352 e. The van der Waals surface area contributed by atoms with E-state index in [4.69, 9.17) is 11.6 Å². The summed E-state index contributed by atoms with van der Waals surface area (Å²) < 4.78 is 1.91. The highest BCUT2D eigenvalue weighted by molar-refractivity contribution is 8.00. The molecule has 1 fully saturated rings. The molecular weight excluding hydrogens is 380 g/mol. The zero-order valence-corrected chi connectivity index (χ0v) is 16.4. The number of halogens is 1. The van der Waals surface area contributed by atoms with E-state index in [2.05, 4.69) is 15.5 Å². The SMILES string of the molecule is Cn1c(SC(C(=O)NC2CC2)c2ccccc2)nnc1-c1ccc(Cl)cc1. The molecule has 1 heterocycles. The van der Waals surface area contributed by atoms with Gasteiger partial charge >= 0.3 is 0 Å². The van der Waals surface area contributed by atoms with Gasteiger partial charge in [-0.2, -0.15) is 0 Å². The van der Waals surface area contributed by atoms with Gasteiger partial charge in [-0.25, -0.2) is 0 Å². The van der Waals surface area contributed by atoms with Crippen LogP contribution in [0.1, 0.15) is 23.7 Å². The maximum Gasteiger partial charge on any atom is 0.238 e. The average Bonchev–Trinajstić information content (AvgIpc) is 3.42. The third-order valence-electron chi connectivity index (χ3n) is 4.42. The lowest BCUT2D eigenvalue weighted by molar-refractivity contribution is -0.120. The van der Waals surface area contributed by atoms with Crippen LogP contribution >= 0.6 is 23.4 Å². The van der Waals surface area contributed by atoms with Gasteiger partial charge in [-0.15, -0.1) is 10.2 Å². The van der Waals surface area contributed by atoms with Gasteiger partial charge in [0.1, 0.15) is 5.25 Å². The van der Waals surface area contributed by atoms with Crippen molar-refractivity contribution in [2.24, 2.45) is 7.05 Å². The van der Waals surface area contributed by atoms with Crippen LogP contribution in [0.15, 0.2) is 59.8 Å². The lowest BCUT2D eigenvalue weighted by Gasteiger charge is -2.16. The summed E-state index contributed by atoms with van der Waals surface area (Å²) in [6.45, 7) is 0. The van der Waals surface area contributed by atoms with Gasteiger partial charge in [-0.05, 0) is 42.7 Å². The Morgan fingerprint density at radius 1 is 1.15 bits per heavy atom. The van der Waals surface area contributed by atoms with Gasteiger partial charge in [0.25, 0.3) is 0 Å². The second kappa shape index (κ2) is 7.74. The molecule has 0 spiro atoms. The number of nitrogens with zero attached hydrogens (tertiary/aromatic N) is 3. The topological polar surface area (TPSA) is 59.8 Å². The molecule has 3 aromatic rings. The molecule has 0 saturated heterocycles. The van der Waals surface area contributed by atoms with Gasteiger partial charge in [0.15, 0.2) is 11.0 Å². The molecule has 1 unspecified atom stereocenters. The second-order valence-electron chi connectivity index (χ2n) is 6.56. The normalized spacial score (nSPS) is 14.7. The van der Waals surface area contributed by atoms with Crippen molar-refractivity contribution < 1.29 is 4.79 Å². The number of thioether (sulfide) groups is 1. The Kier molecular flexibility index (Phi) is 5.18. The number of hydrogen-bond donors (Lipinski definition) is 1. The van der Waals surface area contributed by atoms with Crippen LogP contribution < -0.4 is 5.32 Å². The number of rotatable bonds is 6. The third-order valence-corrected chi connectivity index (χ3v) is 5.97. The molecule has 7 heteroatoms. The van der Waals surface area contributed by atoms with E-state index in [1.807, 2.05) is 66.2 Å². The molecule has 2 aromatic carbocycles.